The van der Waals surface area contributed by atoms with Crippen LogP contribution in [0, 0.1) is 0 Å². The Labute approximate surface area is 90.4 Å². The third-order valence-corrected chi connectivity index (χ3v) is 2.12. The minimum atomic E-state index is -0.643. The maximum Gasteiger partial charge on any atom is 0.328 e. The number of hydrogen-bond donors (Lipinski definition) is 2. The van der Waals surface area contributed by atoms with E-state index < -0.39 is 18.1 Å². The van der Waals surface area contributed by atoms with Crippen LogP contribution in [-0.4, -0.2) is 31.1 Å². The van der Waals surface area contributed by atoms with Crippen LogP contribution in [-0.2, 0) is 14.3 Å². The molecule has 0 saturated carbocycles. The summed E-state index contributed by atoms with van der Waals surface area (Å²) in [6.45, 7) is 3.60. The summed E-state index contributed by atoms with van der Waals surface area (Å²) < 4.78 is 4.48. The lowest BCUT2D eigenvalue weighted by atomic mass is 10.1. The van der Waals surface area contributed by atoms with Gasteiger partial charge in [0.1, 0.15) is 6.04 Å². The number of unbranched alkanes of at least 4 members (excludes halogenated alkanes) is 1. The first-order chi connectivity index (χ1) is 7.02. The summed E-state index contributed by atoms with van der Waals surface area (Å²) in [6.07, 6.45) is 2.53. The van der Waals surface area contributed by atoms with E-state index >= 15 is 0 Å². The van der Waals surface area contributed by atoms with E-state index in [-0.39, 0.29) is 5.91 Å². The SMILES string of the molecule is CCCCC(N)C(=O)NC(C)C(=O)OC. The fourth-order valence-electron chi connectivity index (χ4n) is 1.11. The number of nitrogens with two attached hydrogens (primary N) is 1. The number of methoxy groups -OCH3 is 1. The summed E-state index contributed by atoms with van der Waals surface area (Å²) in [5.41, 5.74) is 5.63. The highest BCUT2D eigenvalue weighted by Gasteiger charge is 2.19. The molecule has 0 heterocycles. The van der Waals surface area contributed by atoms with Crippen LogP contribution in [0.25, 0.3) is 0 Å². The van der Waals surface area contributed by atoms with E-state index in [1.165, 1.54) is 7.11 Å². The highest BCUT2D eigenvalue weighted by molar-refractivity contribution is 5.87. The zero-order chi connectivity index (χ0) is 11.8. The van der Waals surface area contributed by atoms with E-state index in [0.717, 1.165) is 12.8 Å². The molecule has 0 aromatic heterocycles. The van der Waals surface area contributed by atoms with Crippen molar-refractivity contribution in [3.05, 3.63) is 0 Å². The van der Waals surface area contributed by atoms with Gasteiger partial charge in [-0.25, -0.2) is 4.79 Å². The number of amides is 1. The summed E-state index contributed by atoms with van der Waals surface area (Å²) in [5, 5.41) is 2.50. The molecule has 0 radical (unpaired) electrons. The second-order valence-electron chi connectivity index (χ2n) is 3.50. The second kappa shape index (κ2) is 7.23. The maximum absolute atomic E-state index is 11.4. The first kappa shape index (κ1) is 13.9. The van der Waals surface area contributed by atoms with Crippen molar-refractivity contribution in [1.29, 1.82) is 0 Å². The number of esters is 1. The predicted molar refractivity (Wildman–Crippen MR) is 57.1 cm³/mol. The second-order valence-corrected chi connectivity index (χ2v) is 3.50. The van der Waals surface area contributed by atoms with Crippen LogP contribution in [0.5, 0.6) is 0 Å². The average Bonchev–Trinajstić information content (AvgIpc) is 2.24. The van der Waals surface area contributed by atoms with Gasteiger partial charge >= 0.3 is 5.97 Å². The molecule has 0 aliphatic carbocycles. The third-order valence-electron chi connectivity index (χ3n) is 2.12. The first-order valence-electron chi connectivity index (χ1n) is 5.16. The molecule has 15 heavy (non-hydrogen) atoms. The minimum Gasteiger partial charge on any atom is -0.467 e. The molecule has 0 fully saturated rings. The highest BCUT2D eigenvalue weighted by atomic mass is 16.5. The average molecular weight is 216 g/mol. The lowest BCUT2D eigenvalue weighted by Crippen LogP contribution is -2.47. The Morgan fingerprint density at radius 1 is 1.47 bits per heavy atom. The van der Waals surface area contributed by atoms with Crippen LogP contribution < -0.4 is 11.1 Å². The molecule has 0 saturated heterocycles. The van der Waals surface area contributed by atoms with Gasteiger partial charge in [0.2, 0.25) is 5.91 Å². The minimum absolute atomic E-state index is 0.304. The van der Waals surface area contributed by atoms with E-state index in [1.807, 2.05) is 6.92 Å². The van der Waals surface area contributed by atoms with Gasteiger partial charge in [-0.1, -0.05) is 19.8 Å². The molecule has 0 spiro atoms. The largest absolute Gasteiger partial charge is 0.467 e. The molecule has 0 bridgehead atoms. The topological polar surface area (TPSA) is 81.4 Å². The molecule has 1 amide bonds. The van der Waals surface area contributed by atoms with Crippen LogP contribution >= 0.6 is 0 Å². The van der Waals surface area contributed by atoms with Gasteiger partial charge < -0.3 is 15.8 Å². The number of carbonyl (C=O) groups is 2. The van der Waals surface area contributed by atoms with Crippen molar-refractivity contribution < 1.29 is 14.3 Å². The Balaban J connectivity index is 3.95. The van der Waals surface area contributed by atoms with E-state index in [1.54, 1.807) is 6.92 Å². The van der Waals surface area contributed by atoms with Crippen LogP contribution in [0.15, 0.2) is 0 Å². The molecule has 88 valence electrons. The fourth-order valence-corrected chi connectivity index (χ4v) is 1.11. The Kier molecular flexibility index (Phi) is 6.70. The van der Waals surface area contributed by atoms with Gasteiger partial charge in [0.15, 0.2) is 0 Å². The zero-order valence-electron chi connectivity index (χ0n) is 9.58. The maximum atomic E-state index is 11.4. The summed E-state index contributed by atoms with van der Waals surface area (Å²) >= 11 is 0. The van der Waals surface area contributed by atoms with Gasteiger partial charge in [0, 0.05) is 0 Å². The lowest BCUT2D eigenvalue weighted by Gasteiger charge is -2.15. The molecule has 0 aromatic carbocycles. The molecule has 5 heteroatoms. The number of hydrogen-bond acceptors (Lipinski definition) is 4. The highest BCUT2D eigenvalue weighted by Crippen LogP contribution is 1.98. The Hall–Kier alpha value is -1.10. The molecule has 0 aliphatic heterocycles. The third kappa shape index (κ3) is 5.37. The zero-order valence-corrected chi connectivity index (χ0v) is 9.58. The Morgan fingerprint density at radius 2 is 2.07 bits per heavy atom. The number of carbonyl (C=O) groups excluding carboxylic acids is 2. The van der Waals surface area contributed by atoms with Gasteiger partial charge in [0.25, 0.3) is 0 Å². The van der Waals surface area contributed by atoms with Crippen molar-refractivity contribution in [3.8, 4) is 0 Å². The van der Waals surface area contributed by atoms with Crippen molar-refractivity contribution >= 4 is 11.9 Å². The smallest absolute Gasteiger partial charge is 0.328 e. The molecule has 2 atom stereocenters. The molecular formula is C10H20N2O3. The van der Waals surface area contributed by atoms with Crippen molar-refractivity contribution in [1.82, 2.24) is 5.32 Å². The summed E-state index contributed by atoms with van der Waals surface area (Å²) in [7, 11) is 1.28. The quantitative estimate of drug-likeness (QED) is 0.621. The first-order valence-corrected chi connectivity index (χ1v) is 5.16. The van der Waals surface area contributed by atoms with Crippen LogP contribution in [0.4, 0.5) is 0 Å². The Morgan fingerprint density at radius 3 is 2.53 bits per heavy atom. The molecule has 0 aromatic rings. The van der Waals surface area contributed by atoms with Crippen LogP contribution in [0.2, 0.25) is 0 Å². The molecule has 5 nitrogen and oxygen atoms in total. The van der Waals surface area contributed by atoms with Crippen molar-refractivity contribution in [2.75, 3.05) is 7.11 Å². The lowest BCUT2D eigenvalue weighted by molar-refractivity contribution is -0.144. The van der Waals surface area contributed by atoms with Gasteiger partial charge in [-0.15, -0.1) is 0 Å². The molecular weight excluding hydrogens is 196 g/mol. The number of nitrogens with one attached hydrogen (secondary N) is 1. The van der Waals surface area contributed by atoms with Crippen molar-refractivity contribution in [2.45, 2.75) is 45.2 Å². The monoisotopic (exact) mass is 216 g/mol. The Bertz CT molecular complexity index is 219. The summed E-state index contributed by atoms with van der Waals surface area (Å²) in [5.74, 6) is -0.771. The van der Waals surface area contributed by atoms with Crippen molar-refractivity contribution in [3.63, 3.8) is 0 Å². The van der Waals surface area contributed by atoms with E-state index in [2.05, 4.69) is 10.1 Å². The normalized spacial score (nSPS) is 14.1. The van der Waals surface area contributed by atoms with E-state index in [4.69, 9.17) is 5.73 Å². The predicted octanol–water partition coefficient (Wildman–Crippen LogP) is 0.182. The van der Waals surface area contributed by atoms with E-state index in [0.29, 0.717) is 6.42 Å². The molecule has 0 rings (SSSR count). The number of rotatable bonds is 6. The molecule has 2 unspecified atom stereocenters. The molecule has 3 N–H and O–H groups in total. The summed E-state index contributed by atoms with van der Waals surface area (Å²) in [4.78, 5) is 22.4. The number of ether oxygens (including phenoxy) is 1. The van der Waals surface area contributed by atoms with Crippen LogP contribution in [0.3, 0.4) is 0 Å². The van der Waals surface area contributed by atoms with Gasteiger partial charge in [0.05, 0.1) is 13.2 Å². The van der Waals surface area contributed by atoms with Gasteiger partial charge in [-0.05, 0) is 13.3 Å². The van der Waals surface area contributed by atoms with Gasteiger partial charge in [-0.3, -0.25) is 4.79 Å². The van der Waals surface area contributed by atoms with Crippen LogP contribution in [0.1, 0.15) is 33.1 Å². The standard InChI is InChI=1S/C10H20N2O3/c1-4-5-6-8(11)9(13)12-7(2)10(14)15-3/h7-8H,4-6,11H2,1-3H3,(H,12,13). The summed E-state index contributed by atoms with van der Waals surface area (Å²) in [6, 6.07) is -1.19. The van der Waals surface area contributed by atoms with Gasteiger partial charge in [-0.2, -0.15) is 0 Å². The van der Waals surface area contributed by atoms with E-state index in [9.17, 15) is 9.59 Å². The van der Waals surface area contributed by atoms with Crippen molar-refractivity contribution in [2.24, 2.45) is 5.73 Å². The molecule has 0 aliphatic rings. The fraction of sp³-hybridized carbons (Fsp3) is 0.800.